The van der Waals surface area contributed by atoms with Crippen molar-refractivity contribution >= 4 is 11.8 Å². The highest BCUT2D eigenvalue weighted by Crippen LogP contribution is 2.29. The van der Waals surface area contributed by atoms with E-state index in [1.807, 2.05) is 12.5 Å². The molecule has 106 valence electrons. The summed E-state index contributed by atoms with van der Waals surface area (Å²) in [6.07, 6.45) is 7.62. The zero-order chi connectivity index (χ0) is 13.1. The average molecular weight is 281 g/mol. The molecule has 4 nitrogen and oxygen atoms in total. The van der Waals surface area contributed by atoms with Gasteiger partial charge in [0.05, 0.1) is 24.7 Å². The van der Waals surface area contributed by atoms with Crippen LogP contribution in [0.1, 0.15) is 31.0 Å². The zero-order valence-corrected chi connectivity index (χ0v) is 12.1. The number of aromatic nitrogens is 2. The molecule has 0 saturated carbocycles. The number of thioether (sulfide) groups is 1. The molecule has 2 fully saturated rings. The molecule has 0 radical (unpaired) electrons. The molecular formula is C14H23N3OS. The van der Waals surface area contributed by atoms with Gasteiger partial charge in [0.1, 0.15) is 0 Å². The van der Waals surface area contributed by atoms with Gasteiger partial charge in [0.2, 0.25) is 0 Å². The molecule has 0 aliphatic carbocycles. The van der Waals surface area contributed by atoms with Gasteiger partial charge in [-0.1, -0.05) is 0 Å². The Hall–Kier alpha value is -0.520. The first-order valence-electron chi connectivity index (χ1n) is 7.25. The minimum absolute atomic E-state index is 0.0722. The molecule has 2 atom stereocenters. The van der Waals surface area contributed by atoms with Crippen molar-refractivity contribution in [1.29, 1.82) is 0 Å². The molecule has 2 aliphatic rings. The van der Waals surface area contributed by atoms with Gasteiger partial charge in [-0.3, -0.25) is 0 Å². The van der Waals surface area contributed by atoms with Crippen LogP contribution in [0.5, 0.6) is 0 Å². The van der Waals surface area contributed by atoms with Gasteiger partial charge in [0.25, 0.3) is 0 Å². The van der Waals surface area contributed by atoms with Crippen molar-refractivity contribution in [2.75, 3.05) is 24.7 Å². The smallest absolute Gasteiger partial charge is 0.0948 e. The highest BCUT2D eigenvalue weighted by atomic mass is 32.2. The molecule has 0 amide bonds. The quantitative estimate of drug-likeness (QED) is 0.918. The summed E-state index contributed by atoms with van der Waals surface area (Å²) >= 11 is 2.08. The molecule has 0 spiro atoms. The molecule has 1 aromatic heterocycles. The van der Waals surface area contributed by atoms with Gasteiger partial charge in [-0.15, -0.1) is 0 Å². The minimum atomic E-state index is 0.0722. The van der Waals surface area contributed by atoms with Crippen LogP contribution in [0.15, 0.2) is 12.5 Å². The van der Waals surface area contributed by atoms with Crippen LogP contribution < -0.4 is 5.73 Å². The Morgan fingerprint density at radius 2 is 2.26 bits per heavy atom. The highest BCUT2D eigenvalue weighted by Gasteiger charge is 2.27. The Morgan fingerprint density at radius 3 is 3.00 bits per heavy atom. The fourth-order valence-corrected chi connectivity index (χ4v) is 4.25. The van der Waals surface area contributed by atoms with Crippen LogP contribution >= 0.6 is 11.8 Å². The van der Waals surface area contributed by atoms with Gasteiger partial charge in [-0.25, -0.2) is 4.98 Å². The van der Waals surface area contributed by atoms with Crippen molar-refractivity contribution in [3.05, 3.63) is 18.2 Å². The van der Waals surface area contributed by atoms with Gasteiger partial charge >= 0.3 is 0 Å². The largest absolute Gasteiger partial charge is 0.381 e. The van der Waals surface area contributed by atoms with Gasteiger partial charge in [0, 0.05) is 25.3 Å². The fraction of sp³-hybridized carbons (Fsp3) is 0.786. The Morgan fingerprint density at radius 1 is 1.42 bits per heavy atom. The van der Waals surface area contributed by atoms with E-state index in [1.165, 1.54) is 30.0 Å². The third-order valence-electron chi connectivity index (χ3n) is 4.35. The Balaban J connectivity index is 1.66. The highest BCUT2D eigenvalue weighted by molar-refractivity contribution is 7.99. The Bertz CT molecular complexity index is 397. The molecule has 2 aliphatic heterocycles. The molecule has 1 aromatic rings. The topological polar surface area (TPSA) is 53.1 Å². The van der Waals surface area contributed by atoms with E-state index < -0.39 is 0 Å². The second kappa shape index (κ2) is 6.29. The van der Waals surface area contributed by atoms with Crippen LogP contribution in [0, 0.1) is 11.8 Å². The van der Waals surface area contributed by atoms with Crippen molar-refractivity contribution in [1.82, 2.24) is 9.55 Å². The summed E-state index contributed by atoms with van der Waals surface area (Å²) in [6.45, 7) is 2.73. The normalized spacial score (nSPS) is 26.7. The predicted octanol–water partition coefficient (Wildman–Crippen LogP) is 2.06. The summed E-state index contributed by atoms with van der Waals surface area (Å²) < 4.78 is 7.74. The lowest BCUT2D eigenvalue weighted by Crippen LogP contribution is -2.26. The maximum atomic E-state index is 6.41. The number of imidazole rings is 1. The van der Waals surface area contributed by atoms with Gasteiger partial charge in [-0.2, -0.15) is 11.8 Å². The SMILES string of the molecule is NC(c1cncn1CC1CCSCC1)C1CCOC1. The molecule has 5 heteroatoms. The lowest BCUT2D eigenvalue weighted by Gasteiger charge is -2.25. The summed E-state index contributed by atoms with van der Waals surface area (Å²) in [5.74, 6) is 3.85. The van der Waals surface area contributed by atoms with E-state index in [9.17, 15) is 0 Å². The average Bonchev–Trinajstić information content (AvgIpc) is 3.10. The third kappa shape index (κ3) is 3.15. The van der Waals surface area contributed by atoms with E-state index in [0.29, 0.717) is 5.92 Å². The number of nitrogens with two attached hydrogens (primary N) is 1. The lowest BCUT2D eigenvalue weighted by atomic mass is 9.96. The monoisotopic (exact) mass is 281 g/mol. The molecule has 0 bridgehead atoms. The van der Waals surface area contributed by atoms with E-state index in [2.05, 4.69) is 21.3 Å². The number of hydrogen-bond donors (Lipinski definition) is 1. The number of rotatable bonds is 4. The Labute approximate surface area is 119 Å². The fourth-order valence-electron chi connectivity index (χ4n) is 3.05. The van der Waals surface area contributed by atoms with Crippen molar-refractivity contribution < 1.29 is 4.74 Å². The van der Waals surface area contributed by atoms with Crippen LogP contribution in [-0.4, -0.2) is 34.3 Å². The number of ether oxygens (including phenoxy) is 1. The van der Waals surface area contributed by atoms with Gasteiger partial charge < -0.3 is 15.0 Å². The molecule has 3 heterocycles. The maximum absolute atomic E-state index is 6.41. The molecule has 2 N–H and O–H groups in total. The zero-order valence-electron chi connectivity index (χ0n) is 11.3. The van der Waals surface area contributed by atoms with E-state index in [4.69, 9.17) is 10.5 Å². The van der Waals surface area contributed by atoms with E-state index >= 15 is 0 Å². The standard InChI is InChI=1S/C14H23N3OS/c15-14(12-1-4-18-9-12)13-7-16-10-17(13)8-11-2-5-19-6-3-11/h7,10-12,14H,1-6,8-9,15H2. The van der Waals surface area contributed by atoms with Crippen LogP contribution in [0.25, 0.3) is 0 Å². The first-order chi connectivity index (χ1) is 9.34. The second-order valence-corrected chi connectivity index (χ2v) is 6.90. The molecule has 2 saturated heterocycles. The first kappa shape index (κ1) is 13.5. The summed E-state index contributed by atoms with van der Waals surface area (Å²) in [6, 6.07) is 0.0722. The minimum Gasteiger partial charge on any atom is -0.381 e. The van der Waals surface area contributed by atoms with Crippen LogP contribution in [-0.2, 0) is 11.3 Å². The van der Waals surface area contributed by atoms with E-state index in [-0.39, 0.29) is 6.04 Å². The second-order valence-electron chi connectivity index (χ2n) is 5.68. The maximum Gasteiger partial charge on any atom is 0.0948 e. The number of hydrogen-bond acceptors (Lipinski definition) is 4. The predicted molar refractivity (Wildman–Crippen MR) is 78.1 cm³/mol. The van der Waals surface area contributed by atoms with E-state index in [1.54, 1.807) is 0 Å². The summed E-state index contributed by atoms with van der Waals surface area (Å²) in [5, 5.41) is 0. The number of nitrogens with zero attached hydrogens (tertiary/aromatic N) is 2. The summed E-state index contributed by atoms with van der Waals surface area (Å²) in [4.78, 5) is 4.32. The summed E-state index contributed by atoms with van der Waals surface area (Å²) in [5.41, 5.74) is 7.59. The van der Waals surface area contributed by atoms with Crippen LogP contribution in [0.2, 0.25) is 0 Å². The molecule has 19 heavy (non-hydrogen) atoms. The van der Waals surface area contributed by atoms with Crippen LogP contribution in [0.3, 0.4) is 0 Å². The van der Waals surface area contributed by atoms with Gasteiger partial charge in [-0.05, 0) is 36.7 Å². The summed E-state index contributed by atoms with van der Waals surface area (Å²) in [7, 11) is 0. The van der Waals surface area contributed by atoms with Crippen molar-refractivity contribution in [2.24, 2.45) is 17.6 Å². The molecule has 2 unspecified atom stereocenters. The molecular weight excluding hydrogens is 258 g/mol. The van der Waals surface area contributed by atoms with Crippen LogP contribution in [0.4, 0.5) is 0 Å². The lowest BCUT2D eigenvalue weighted by molar-refractivity contribution is 0.180. The molecule has 3 rings (SSSR count). The van der Waals surface area contributed by atoms with Crippen molar-refractivity contribution in [3.63, 3.8) is 0 Å². The van der Waals surface area contributed by atoms with E-state index in [0.717, 1.165) is 32.1 Å². The first-order valence-corrected chi connectivity index (χ1v) is 8.41. The van der Waals surface area contributed by atoms with Crippen molar-refractivity contribution in [2.45, 2.75) is 31.8 Å². The third-order valence-corrected chi connectivity index (χ3v) is 5.40. The Kier molecular flexibility index (Phi) is 4.45. The van der Waals surface area contributed by atoms with Gasteiger partial charge in [0.15, 0.2) is 0 Å². The van der Waals surface area contributed by atoms with Crippen molar-refractivity contribution in [3.8, 4) is 0 Å². The molecule has 0 aromatic carbocycles.